The topological polar surface area (TPSA) is 104 Å². The van der Waals surface area contributed by atoms with Gasteiger partial charge in [-0.1, -0.05) is 0 Å². The first-order chi connectivity index (χ1) is 16.9. The molecule has 2 unspecified atom stereocenters. The molecule has 1 amide bonds. The van der Waals surface area contributed by atoms with Gasteiger partial charge < -0.3 is 33.7 Å². The molecule has 0 radical (unpaired) electrons. The zero-order valence-electron chi connectivity index (χ0n) is 20.2. The highest BCUT2D eigenvalue weighted by Crippen LogP contribution is 2.46. The Bertz CT molecular complexity index is 1110. The number of Topliss-reactive ketones (excluding diaryl/α,β-unsaturated/α-hetero) is 1. The second kappa shape index (κ2) is 10.3. The highest BCUT2D eigenvalue weighted by Gasteiger charge is 2.47. The van der Waals surface area contributed by atoms with E-state index in [9.17, 15) is 14.7 Å². The lowest BCUT2D eigenvalue weighted by Crippen LogP contribution is -2.36. The fraction of sp³-hybridized carbons (Fsp3) is 0.385. The Morgan fingerprint density at radius 2 is 1.66 bits per heavy atom. The molecule has 35 heavy (non-hydrogen) atoms. The molecule has 2 aliphatic rings. The molecule has 1 N–H and O–H groups in total. The number of rotatable bonds is 8. The van der Waals surface area contributed by atoms with Crippen LogP contribution in [0, 0.1) is 0 Å². The molecular weight excluding hydrogens is 454 g/mol. The van der Waals surface area contributed by atoms with Crippen LogP contribution in [-0.2, 0) is 14.3 Å². The van der Waals surface area contributed by atoms with Crippen LogP contribution in [0.2, 0.25) is 0 Å². The van der Waals surface area contributed by atoms with Crippen LogP contribution in [0.15, 0.2) is 42.0 Å². The van der Waals surface area contributed by atoms with Crippen LogP contribution in [0.4, 0.5) is 0 Å². The van der Waals surface area contributed by atoms with Crippen molar-refractivity contribution < 1.29 is 38.4 Å². The van der Waals surface area contributed by atoms with E-state index in [4.69, 9.17) is 23.7 Å². The third kappa shape index (κ3) is 4.51. The Morgan fingerprint density at radius 1 is 1.00 bits per heavy atom. The quantitative estimate of drug-likeness (QED) is 0.347. The van der Waals surface area contributed by atoms with Crippen molar-refractivity contribution in [2.75, 3.05) is 41.6 Å². The lowest BCUT2D eigenvalue weighted by Gasteiger charge is -2.28. The van der Waals surface area contributed by atoms with Gasteiger partial charge in [0.25, 0.3) is 11.7 Å². The van der Waals surface area contributed by atoms with E-state index in [0.29, 0.717) is 40.7 Å². The van der Waals surface area contributed by atoms with Crippen LogP contribution in [0.3, 0.4) is 0 Å². The predicted octanol–water partition coefficient (Wildman–Crippen LogP) is 3.32. The van der Waals surface area contributed by atoms with Crippen LogP contribution in [0.5, 0.6) is 23.0 Å². The van der Waals surface area contributed by atoms with Gasteiger partial charge in [-0.15, -0.1) is 0 Å². The van der Waals surface area contributed by atoms with Crippen LogP contribution in [0.25, 0.3) is 5.76 Å². The van der Waals surface area contributed by atoms with Gasteiger partial charge in [-0.25, -0.2) is 0 Å². The second-order valence-corrected chi connectivity index (χ2v) is 8.27. The fourth-order valence-corrected chi connectivity index (χ4v) is 4.59. The number of likely N-dealkylation sites (tertiary alicyclic amines) is 1. The Morgan fingerprint density at radius 3 is 2.17 bits per heavy atom. The zero-order valence-corrected chi connectivity index (χ0v) is 20.2. The number of ether oxygens (including phenoxy) is 5. The summed E-state index contributed by atoms with van der Waals surface area (Å²) in [6, 6.07) is 9.10. The maximum atomic E-state index is 13.3. The van der Waals surface area contributed by atoms with Crippen molar-refractivity contribution >= 4 is 17.4 Å². The minimum Gasteiger partial charge on any atom is -0.507 e. The summed E-state index contributed by atoms with van der Waals surface area (Å²) in [5, 5.41) is 11.3. The molecule has 0 aliphatic carbocycles. The maximum absolute atomic E-state index is 13.3. The van der Waals surface area contributed by atoms with Gasteiger partial charge in [0, 0.05) is 18.7 Å². The molecule has 0 aromatic heterocycles. The molecule has 9 heteroatoms. The lowest BCUT2D eigenvalue weighted by molar-refractivity contribution is -0.140. The van der Waals surface area contributed by atoms with E-state index < -0.39 is 17.7 Å². The van der Waals surface area contributed by atoms with E-state index in [0.717, 1.165) is 12.8 Å². The average molecular weight is 484 g/mol. The summed E-state index contributed by atoms with van der Waals surface area (Å²) in [4.78, 5) is 28.0. The molecule has 9 nitrogen and oxygen atoms in total. The van der Waals surface area contributed by atoms with Crippen LogP contribution < -0.4 is 18.9 Å². The molecular formula is C26H29NO8. The van der Waals surface area contributed by atoms with Gasteiger partial charge in [-0.05, 0) is 54.8 Å². The van der Waals surface area contributed by atoms with Crippen LogP contribution in [0.1, 0.15) is 30.0 Å². The molecule has 0 spiro atoms. The lowest BCUT2D eigenvalue weighted by atomic mass is 9.94. The molecule has 0 saturated carbocycles. The van der Waals surface area contributed by atoms with Gasteiger partial charge in [0.15, 0.2) is 11.5 Å². The van der Waals surface area contributed by atoms with Crippen molar-refractivity contribution in [3.8, 4) is 23.0 Å². The Labute approximate surface area is 203 Å². The number of amides is 1. The summed E-state index contributed by atoms with van der Waals surface area (Å²) in [5.41, 5.74) is 0.901. The molecule has 0 bridgehead atoms. The molecule has 2 saturated heterocycles. The third-order valence-electron chi connectivity index (χ3n) is 6.33. The largest absolute Gasteiger partial charge is 0.507 e. The molecule has 2 aromatic rings. The zero-order chi connectivity index (χ0) is 25.1. The number of carbonyl (C=O) groups excluding carboxylic acids is 2. The Hall–Kier alpha value is -3.72. The number of carbonyl (C=O) groups is 2. The number of hydrogen-bond acceptors (Lipinski definition) is 8. The number of nitrogens with zero attached hydrogens (tertiary/aromatic N) is 1. The number of hydrogen-bond donors (Lipinski definition) is 1. The number of benzene rings is 2. The van der Waals surface area contributed by atoms with E-state index >= 15 is 0 Å². The Kier molecular flexibility index (Phi) is 7.16. The summed E-state index contributed by atoms with van der Waals surface area (Å²) in [5.74, 6) is -0.0291. The van der Waals surface area contributed by atoms with E-state index in [2.05, 4.69) is 0 Å². The SMILES string of the molecule is COc1ccc(/C(O)=C2\C(=O)C(=O)N(CC3CCCO3)C2c2cc(OC)c(OC)c(OC)c2)cc1. The first kappa shape index (κ1) is 24.4. The summed E-state index contributed by atoms with van der Waals surface area (Å²) in [6.45, 7) is 0.820. The minimum absolute atomic E-state index is 0.0209. The Balaban J connectivity index is 1.89. The average Bonchev–Trinajstić information content (AvgIpc) is 3.49. The summed E-state index contributed by atoms with van der Waals surface area (Å²) >= 11 is 0. The van der Waals surface area contributed by atoms with Crippen molar-refractivity contribution in [2.24, 2.45) is 0 Å². The normalized spacial score (nSPS) is 21.3. The van der Waals surface area contributed by atoms with E-state index in [1.54, 1.807) is 36.4 Å². The van der Waals surface area contributed by atoms with Crippen molar-refractivity contribution in [1.82, 2.24) is 4.90 Å². The van der Waals surface area contributed by atoms with Gasteiger partial charge in [0.05, 0.1) is 46.2 Å². The molecule has 2 fully saturated rings. The highest BCUT2D eigenvalue weighted by atomic mass is 16.5. The van der Waals surface area contributed by atoms with E-state index in [1.807, 2.05) is 0 Å². The summed E-state index contributed by atoms with van der Waals surface area (Å²) < 4.78 is 27.4. The number of methoxy groups -OCH3 is 4. The minimum atomic E-state index is -0.880. The molecule has 4 rings (SSSR count). The maximum Gasteiger partial charge on any atom is 0.295 e. The highest BCUT2D eigenvalue weighted by molar-refractivity contribution is 6.46. The van der Waals surface area contributed by atoms with E-state index in [-0.39, 0.29) is 24.0 Å². The first-order valence-electron chi connectivity index (χ1n) is 11.3. The number of ketones is 1. The van der Waals surface area contributed by atoms with Gasteiger partial charge in [-0.3, -0.25) is 9.59 Å². The van der Waals surface area contributed by atoms with Crippen molar-refractivity contribution in [1.29, 1.82) is 0 Å². The van der Waals surface area contributed by atoms with Crippen molar-refractivity contribution in [3.05, 3.63) is 53.1 Å². The number of aliphatic hydroxyl groups excluding tert-OH is 1. The van der Waals surface area contributed by atoms with E-state index in [1.165, 1.54) is 33.3 Å². The standard InChI is InChI=1S/C26H29NO8/c1-31-17-9-7-15(8-10-17)23(28)21-22(16-12-19(32-2)25(34-4)20(13-16)33-3)27(26(30)24(21)29)14-18-6-5-11-35-18/h7-10,12-13,18,22,28H,5-6,11,14H2,1-4H3/b23-21+. The van der Waals surface area contributed by atoms with Crippen molar-refractivity contribution in [2.45, 2.75) is 25.0 Å². The molecule has 186 valence electrons. The monoisotopic (exact) mass is 483 g/mol. The van der Waals surface area contributed by atoms with Crippen molar-refractivity contribution in [3.63, 3.8) is 0 Å². The fourth-order valence-electron chi connectivity index (χ4n) is 4.59. The van der Waals surface area contributed by atoms with Gasteiger partial charge in [0.2, 0.25) is 5.75 Å². The van der Waals surface area contributed by atoms with Gasteiger partial charge in [-0.2, -0.15) is 0 Å². The summed E-state index contributed by atoms with van der Waals surface area (Å²) in [7, 11) is 6.01. The van der Waals surface area contributed by atoms with Crippen LogP contribution in [-0.4, -0.2) is 69.4 Å². The molecule has 2 atom stereocenters. The molecule has 2 aromatic carbocycles. The number of aliphatic hydroxyl groups is 1. The molecule has 2 aliphatic heterocycles. The smallest absolute Gasteiger partial charge is 0.295 e. The third-order valence-corrected chi connectivity index (χ3v) is 6.33. The first-order valence-corrected chi connectivity index (χ1v) is 11.3. The second-order valence-electron chi connectivity index (χ2n) is 8.27. The summed E-state index contributed by atoms with van der Waals surface area (Å²) in [6.07, 6.45) is 1.47. The molecule has 2 heterocycles. The predicted molar refractivity (Wildman–Crippen MR) is 127 cm³/mol. The van der Waals surface area contributed by atoms with Gasteiger partial charge >= 0.3 is 0 Å². The van der Waals surface area contributed by atoms with Crippen LogP contribution >= 0.6 is 0 Å². The van der Waals surface area contributed by atoms with Gasteiger partial charge in [0.1, 0.15) is 11.5 Å².